The van der Waals surface area contributed by atoms with Gasteiger partial charge in [0.05, 0.1) is 13.2 Å². The number of ether oxygens (including phenoxy) is 2. The first kappa shape index (κ1) is 18.9. The molecule has 2 rings (SSSR count). The van der Waals surface area contributed by atoms with Gasteiger partial charge in [0.1, 0.15) is 0 Å². The van der Waals surface area contributed by atoms with Crippen LogP contribution in [0.1, 0.15) is 25.0 Å². The molecule has 0 atom stereocenters. The fourth-order valence-electron chi connectivity index (χ4n) is 2.35. The molecule has 3 nitrogen and oxygen atoms in total. The van der Waals surface area contributed by atoms with Crippen molar-refractivity contribution in [2.24, 2.45) is 0 Å². The molecule has 1 N–H and O–H groups in total. The van der Waals surface area contributed by atoms with Crippen LogP contribution in [0.3, 0.4) is 0 Å². The summed E-state index contributed by atoms with van der Waals surface area (Å²) in [6.45, 7) is 5.57. The van der Waals surface area contributed by atoms with Crippen molar-refractivity contribution in [3.8, 4) is 11.5 Å². The Morgan fingerprint density at radius 2 is 1.83 bits per heavy atom. The Morgan fingerprint density at radius 1 is 1.04 bits per heavy atom. The number of nitrogens with one attached hydrogen (secondary N) is 1. The molecule has 5 heteroatoms. The molecular formula is C19H23Cl2NO2. The van der Waals surface area contributed by atoms with Gasteiger partial charge < -0.3 is 14.8 Å². The van der Waals surface area contributed by atoms with E-state index < -0.39 is 0 Å². The first-order valence-electron chi connectivity index (χ1n) is 7.98. The lowest BCUT2D eigenvalue weighted by atomic mass is 10.1. The highest BCUT2D eigenvalue weighted by Crippen LogP contribution is 2.29. The number of methoxy groups -OCH3 is 1. The van der Waals surface area contributed by atoms with Crippen molar-refractivity contribution in [3.63, 3.8) is 0 Å². The topological polar surface area (TPSA) is 30.5 Å². The maximum Gasteiger partial charge on any atom is 0.161 e. The third kappa shape index (κ3) is 5.59. The van der Waals surface area contributed by atoms with E-state index in [-0.39, 0.29) is 6.10 Å². The van der Waals surface area contributed by atoms with E-state index in [1.54, 1.807) is 13.2 Å². The summed E-state index contributed by atoms with van der Waals surface area (Å²) in [4.78, 5) is 0. The highest BCUT2D eigenvalue weighted by Gasteiger charge is 2.07. The van der Waals surface area contributed by atoms with Gasteiger partial charge in [-0.1, -0.05) is 35.3 Å². The summed E-state index contributed by atoms with van der Waals surface area (Å²) in [6, 6.07) is 11.6. The molecule has 0 heterocycles. The van der Waals surface area contributed by atoms with Crippen molar-refractivity contribution in [2.75, 3.05) is 13.7 Å². The van der Waals surface area contributed by atoms with E-state index >= 15 is 0 Å². The fourth-order valence-corrected chi connectivity index (χ4v) is 2.86. The molecule has 2 aromatic rings. The predicted octanol–water partition coefficient (Wildman–Crippen LogP) is 5.12. The van der Waals surface area contributed by atoms with Gasteiger partial charge in [-0.15, -0.1) is 0 Å². The van der Waals surface area contributed by atoms with Gasteiger partial charge in [0.25, 0.3) is 0 Å². The highest BCUT2D eigenvalue weighted by molar-refractivity contribution is 6.35. The van der Waals surface area contributed by atoms with Crippen LogP contribution in [0.2, 0.25) is 10.0 Å². The third-order valence-electron chi connectivity index (χ3n) is 3.51. The normalized spacial score (nSPS) is 10.9. The maximum absolute atomic E-state index is 6.18. The maximum atomic E-state index is 6.18. The lowest BCUT2D eigenvalue weighted by Gasteiger charge is -2.15. The zero-order valence-corrected chi connectivity index (χ0v) is 15.7. The van der Waals surface area contributed by atoms with Crippen LogP contribution < -0.4 is 14.8 Å². The van der Waals surface area contributed by atoms with Gasteiger partial charge in [-0.05, 0) is 62.2 Å². The zero-order chi connectivity index (χ0) is 17.5. The summed E-state index contributed by atoms with van der Waals surface area (Å²) in [7, 11) is 1.66. The summed E-state index contributed by atoms with van der Waals surface area (Å²) in [5, 5.41) is 4.78. The highest BCUT2D eigenvalue weighted by atomic mass is 35.5. The van der Waals surface area contributed by atoms with Gasteiger partial charge in [-0.3, -0.25) is 0 Å². The van der Waals surface area contributed by atoms with Crippen molar-refractivity contribution in [1.29, 1.82) is 0 Å². The molecule has 0 radical (unpaired) electrons. The van der Waals surface area contributed by atoms with E-state index in [0.717, 1.165) is 42.1 Å². The third-order valence-corrected chi connectivity index (χ3v) is 4.09. The fraction of sp³-hybridized carbons (Fsp3) is 0.368. The van der Waals surface area contributed by atoms with Gasteiger partial charge in [-0.2, -0.15) is 0 Å². The summed E-state index contributed by atoms with van der Waals surface area (Å²) < 4.78 is 11.1. The molecular weight excluding hydrogens is 345 g/mol. The minimum absolute atomic E-state index is 0.118. The van der Waals surface area contributed by atoms with Gasteiger partial charge in [0, 0.05) is 16.6 Å². The van der Waals surface area contributed by atoms with Crippen LogP contribution in [-0.4, -0.2) is 19.8 Å². The summed E-state index contributed by atoms with van der Waals surface area (Å²) in [5.74, 6) is 1.52. The standard InChI is InChI=1S/C19H23Cl2NO2/c1-13(2)24-18-7-4-14(10-19(18)23-3)12-22-9-8-15-5-6-16(20)11-17(15)21/h4-7,10-11,13,22H,8-9,12H2,1-3H3. The lowest BCUT2D eigenvalue weighted by molar-refractivity contribution is 0.230. The first-order chi connectivity index (χ1) is 11.5. The molecule has 0 aliphatic rings. The smallest absolute Gasteiger partial charge is 0.161 e. The molecule has 24 heavy (non-hydrogen) atoms. The van der Waals surface area contributed by atoms with Crippen LogP contribution in [0, 0.1) is 0 Å². The summed E-state index contributed by atoms with van der Waals surface area (Å²) in [5.41, 5.74) is 2.23. The van der Waals surface area contributed by atoms with Crippen LogP contribution in [-0.2, 0) is 13.0 Å². The first-order valence-corrected chi connectivity index (χ1v) is 8.73. The number of halogens is 2. The molecule has 0 fully saturated rings. The van der Waals surface area contributed by atoms with Gasteiger partial charge >= 0.3 is 0 Å². The Labute approximate surface area is 153 Å². The Balaban J connectivity index is 1.87. The van der Waals surface area contributed by atoms with Crippen molar-refractivity contribution >= 4 is 23.2 Å². The molecule has 0 saturated carbocycles. The molecule has 0 aliphatic carbocycles. The second-order valence-corrected chi connectivity index (χ2v) is 6.66. The molecule has 0 spiro atoms. The van der Waals surface area contributed by atoms with Crippen LogP contribution >= 0.6 is 23.2 Å². The molecule has 130 valence electrons. The Hall–Kier alpha value is -1.42. The second-order valence-electron chi connectivity index (χ2n) is 5.81. The van der Waals surface area contributed by atoms with Crippen molar-refractivity contribution < 1.29 is 9.47 Å². The Bertz CT molecular complexity index is 674. The zero-order valence-electron chi connectivity index (χ0n) is 14.2. The van der Waals surface area contributed by atoms with Crippen molar-refractivity contribution in [3.05, 3.63) is 57.6 Å². The quantitative estimate of drug-likeness (QED) is 0.656. The minimum Gasteiger partial charge on any atom is -0.493 e. The molecule has 0 aliphatic heterocycles. The second kappa shape index (κ2) is 9.16. The molecule has 0 amide bonds. The average Bonchev–Trinajstić information content (AvgIpc) is 2.53. The molecule has 0 aromatic heterocycles. The summed E-state index contributed by atoms with van der Waals surface area (Å²) in [6.07, 6.45) is 0.966. The Kier molecular flexibility index (Phi) is 7.22. The van der Waals surface area contributed by atoms with Crippen molar-refractivity contribution in [2.45, 2.75) is 32.9 Å². The average molecular weight is 368 g/mol. The summed E-state index contributed by atoms with van der Waals surface area (Å²) >= 11 is 12.1. The van der Waals surface area contributed by atoms with E-state index in [9.17, 15) is 0 Å². The van der Waals surface area contributed by atoms with E-state index in [1.165, 1.54) is 0 Å². The number of benzene rings is 2. The number of rotatable bonds is 8. The number of hydrogen-bond acceptors (Lipinski definition) is 3. The minimum atomic E-state index is 0.118. The molecule has 2 aromatic carbocycles. The predicted molar refractivity (Wildman–Crippen MR) is 101 cm³/mol. The SMILES string of the molecule is COc1cc(CNCCc2ccc(Cl)cc2Cl)ccc1OC(C)C. The Morgan fingerprint density at radius 3 is 2.50 bits per heavy atom. The largest absolute Gasteiger partial charge is 0.493 e. The van der Waals surface area contributed by atoms with Crippen LogP contribution in [0.5, 0.6) is 11.5 Å². The lowest BCUT2D eigenvalue weighted by Crippen LogP contribution is -2.17. The number of hydrogen-bond donors (Lipinski definition) is 1. The van der Waals surface area contributed by atoms with E-state index in [0.29, 0.717) is 10.0 Å². The van der Waals surface area contributed by atoms with Crippen molar-refractivity contribution in [1.82, 2.24) is 5.32 Å². The molecule has 0 saturated heterocycles. The van der Waals surface area contributed by atoms with E-state index in [1.807, 2.05) is 44.2 Å². The molecule has 0 unspecified atom stereocenters. The van der Waals surface area contributed by atoms with Crippen LogP contribution in [0.15, 0.2) is 36.4 Å². The van der Waals surface area contributed by atoms with Gasteiger partial charge in [0.2, 0.25) is 0 Å². The van der Waals surface area contributed by atoms with E-state index in [4.69, 9.17) is 32.7 Å². The van der Waals surface area contributed by atoms with E-state index in [2.05, 4.69) is 5.32 Å². The van der Waals surface area contributed by atoms with Crippen LogP contribution in [0.25, 0.3) is 0 Å². The van der Waals surface area contributed by atoms with Gasteiger partial charge in [0.15, 0.2) is 11.5 Å². The molecule has 0 bridgehead atoms. The monoisotopic (exact) mass is 367 g/mol. The van der Waals surface area contributed by atoms with Gasteiger partial charge in [-0.25, -0.2) is 0 Å². The van der Waals surface area contributed by atoms with Crippen LogP contribution in [0.4, 0.5) is 0 Å².